The van der Waals surface area contributed by atoms with Gasteiger partial charge in [-0.2, -0.15) is 0 Å². The first-order valence-corrected chi connectivity index (χ1v) is 7.08. The van der Waals surface area contributed by atoms with Crippen molar-refractivity contribution >= 4 is 28.2 Å². The Kier molecular flexibility index (Phi) is 3.76. The summed E-state index contributed by atoms with van der Waals surface area (Å²) >= 11 is 5.72. The lowest BCUT2D eigenvalue weighted by atomic mass is 10.1. The lowest BCUT2D eigenvalue weighted by Crippen LogP contribution is -2.07. The van der Waals surface area contributed by atoms with E-state index in [-0.39, 0.29) is 11.1 Å². The molecule has 3 rings (SSSR count). The third-order valence-corrected chi connectivity index (χ3v) is 3.77. The van der Waals surface area contributed by atoms with Crippen LogP contribution in [0.5, 0.6) is 0 Å². The largest absolute Gasteiger partial charge is 0.378 e. The van der Waals surface area contributed by atoms with E-state index in [2.05, 4.69) is 10.3 Å². The maximum atomic E-state index is 13.6. The van der Waals surface area contributed by atoms with Gasteiger partial charge in [-0.1, -0.05) is 23.7 Å². The Labute approximate surface area is 127 Å². The number of rotatable bonds is 3. The second kappa shape index (κ2) is 5.70. The van der Waals surface area contributed by atoms with Gasteiger partial charge in [0.05, 0.1) is 10.5 Å². The fourth-order valence-electron chi connectivity index (χ4n) is 2.33. The maximum Gasteiger partial charge on any atom is 0.142 e. The molecule has 1 heterocycles. The van der Waals surface area contributed by atoms with Crippen molar-refractivity contribution in [1.82, 2.24) is 4.98 Å². The molecular formula is C17H14ClFN2. The molecule has 1 unspecified atom stereocenters. The Balaban J connectivity index is 1.92. The number of hydrogen-bond acceptors (Lipinski definition) is 2. The maximum absolute atomic E-state index is 13.6. The van der Waals surface area contributed by atoms with Gasteiger partial charge >= 0.3 is 0 Å². The third kappa shape index (κ3) is 2.83. The molecule has 0 aliphatic rings. The van der Waals surface area contributed by atoms with Gasteiger partial charge in [-0.25, -0.2) is 4.39 Å². The smallest absolute Gasteiger partial charge is 0.142 e. The van der Waals surface area contributed by atoms with Crippen LogP contribution in [-0.4, -0.2) is 4.98 Å². The van der Waals surface area contributed by atoms with Gasteiger partial charge in [0, 0.05) is 23.3 Å². The molecule has 2 aromatic carbocycles. The number of aromatic nitrogens is 1. The number of hydrogen-bond donors (Lipinski definition) is 1. The molecule has 0 saturated heterocycles. The molecule has 1 atom stereocenters. The number of halogens is 2. The van der Waals surface area contributed by atoms with Gasteiger partial charge in [-0.15, -0.1) is 0 Å². The molecule has 4 heteroatoms. The molecule has 0 spiro atoms. The van der Waals surface area contributed by atoms with E-state index in [1.54, 1.807) is 12.3 Å². The molecule has 3 aromatic rings. The summed E-state index contributed by atoms with van der Waals surface area (Å²) in [5, 5.41) is 4.58. The first-order chi connectivity index (χ1) is 10.1. The molecule has 0 aliphatic heterocycles. The van der Waals surface area contributed by atoms with Gasteiger partial charge in [-0.3, -0.25) is 4.98 Å². The summed E-state index contributed by atoms with van der Waals surface area (Å²) in [7, 11) is 0. The fourth-order valence-corrected chi connectivity index (χ4v) is 2.45. The van der Waals surface area contributed by atoms with E-state index in [4.69, 9.17) is 11.6 Å². The van der Waals surface area contributed by atoms with Gasteiger partial charge < -0.3 is 5.32 Å². The zero-order valence-corrected chi connectivity index (χ0v) is 12.2. The van der Waals surface area contributed by atoms with E-state index >= 15 is 0 Å². The van der Waals surface area contributed by atoms with Gasteiger partial charge in [0.1, 0.15) is 5.82 Å². The lowest BCUT2D eigenvalue weighted by Gasteiger charge is -2.17. The van der Waals surface area contributed by atoms with Gasteiger partial charge in [0.2, 0.25) is 0 Å². The van der Waals surface area contributed by atoms with Crippen LogP contribution in [0.3, 0.4) is 0 Å². The molecular weight excluding hydrogens is 287 g/mol. The van der Waals surface area contributed by atoms with E-state index < -0.39 is 5.82 Å². The van der Waals surface area contributed by atoms with Crippen LogP contribution in [0.15, 0.2) is 54.7 Å². The van der Waals surface area contributed by atoms with E-state index in [1.165, 1.54) is 6.07 Å². The molecule has 0 amide bonds. The molecule has 106 valence electrons. The normalized spacial score (nSPS) is 12.3. The highest BCUT2D eigenvalue weighted by atomic mass is 35.5. The summed E-state index contributed by atoms with van der Waals surface area (Å²) in [6.07, 6.45) is 1.77. The van der Waals surface area contributed by atoms with Crippen molar-refractivity contribution < 1.29 is 4.39 Å². The predicted octanol–water partition coefficient (Wildman–Crippen LogP) is 5.20. The van der Waals surface area contributed by atoms with Crippen LogP contribution in [0.4, 0.5) is 10.1 Å². The average molecular weight is 301 g/mol. The van der Waals surface area contributed by atoms with Crippen LogP contribution in [0.25, 0.3) is 10.9 Å². The van der Waals surface area contributed by atoms with Gasteiger partial charge in [-0.05, 0) is 48.9 Å². The Bertz CT molecular complexity index is 783. The summed E-state index contributed by atoms with van der Waals surface area (Å²) in [4.78, 5) is 4.33. The zero-order valence-electron chi connectivity index (χ0n) is 11.5. The van der Waals surface area contributed by atoms with Crippen LogP contribution in [-0.2, 0) is 0 Å². The molecule has 0 aliphatic carbocycles. The van der Waals surface area contributed by atoms with E-state index in [0.29, 0.717) is 0 Å². The Hall–Kier alpha value is -2.13. The Morgan fingerprint density at radius 1 is 1.14 bits per heavy atom. The molecule has 1 aromatic heterocycles. The first kappa shape index (κ1) is 13.8. The summed E-state index contributed by atoms with van der Waals surface area (Å²) in [5.74, 6) is -0.401. The number of nitrogens with zero attached hydrogens (tertiary/aromatic N) is 1. The van der Waals surface area contributed by atoms with Crippen LogP contribution >= 0.6 is 11.6 Å². The molecule has 1 N–H and O–H groups in total. The number of anilines is 1. The van der Waals surface area contributed by atoms with E-state index in [0.717, 1.165) is 22.2 Å². The highest BCUT2D eigenvalue weighted by Gasteiger charge is 2.10. The van der Waals surface area contributed by atoms with Crippen molar-refractivity contribution in [3.8, 4) is 0 Å². The van der Waals surface area contributed by atoms with Gasteiger partial charge in [0.25, 0.3) is 0 Å². The summed E-state index contributed by atoms with van der Waals surface area (Å²) < 4.78 is 13.6. The number of pyridine rings is 1. The molecule has 21 heavy (non-hydrogen) atoms. The second-order valence-electron chi connectivity index (χ2n) is 4.92. The molecule has 2 nitrogen and oxygen atoms in total. The molecule has 0 saturated carbocycles. The Morgan fingerprint density at radius 3 is 2.81 bits per heavy atom. The average Bonchev–Trinajstić information content (AvgIpc) is 2.50. The predicted molar refractivity (Wildman–Crippen MR) is 85.2 cm³/mol. The van der Waals surface area contributed by atoms with Crippen LogP contribution in [0.1, 0.15) is 18.5 Å². The van der Waals surface area contributed by atoms with Gasteiger partial charge in [0.15, 0.2) is 0 Å². The minimum Gasteiger partial charge on any atom is -0.378 e. The standard InChI is InChI=1S/C17H14ClFN2/c1-11(12-7-8-14(18)15(19)10-12)21-17-6-2-5-16-13(17)4-3-9-20-16/h2-11,21H,1H3. The lowest BCUT2D eigenvalue weighted by molar-refractivity contribution is 0.624. The summed E-state index contributed by atoms with van der Waals surface area (Å²) in [5.41, 5.74) is 2.75. The summed E-state index contributed by atoms with van der Waals surface area (Å²) in [6, 6.07) is 14.7. The summed E-state index contributed by atoms with van der Waals surface area (Å²) in [6.45, 7) is 1.98. The van der Waals surface area contributed by atoms with Crippen molar-refractivity contribution in [1.29, 1.82) is 0 Å². The highest BCUT2D eigenvalue weighted by molar-refractivity contribution is 6.30. The SMILES string of the molecule is CC(Nc1cccc2ncccc12)c1ccc(Cl)c(F)c1. The first-order valence-electron chi connectivity index (χ1n) is 6.70. The number of fused-ring (bicyclic) bond motifs is 1. The molecule has 0 fully saturated rings. The number of benzene rings is 2. The minimum absolute atomic E-state index is 0.0393. The van der Waals surface area contributed by atoms with Crippen LogP contribution in [0.2, 0.25) is 5.02 Å². The van der Waals surface area contributed by atoms with Crippen molar-refractivity contribution in [2.75, 3.05) is 5.32 Å². The quantitative estimate of drug-likeness (QED) is 0.719. The zero-order chi connectivity index (χ0) is 14.8. The van der Waals surface area contributed by atoms with Crippen molar-refractivity contribution in [2.24, 2.45) is 0 Å². The van der Waals surface area contributed by atoms with E-state index in [1.807, 2.05) is 43.3 Å². The fraction of sp³-hybridized carbons (Fsp3) is 0.118. The van der Waals surface area contributed by atoms with Crippen molar-refractivity contribution in [3.05, 3.63) is 71.1 Å². The second-order valence-corrected chi connectivity index (χ2v) is 5.32. The highest BCUT2D eigenvalue weighted by Crippen LogP contribution is 2.27. The van der Waals surface area contributed by atoms with Crippen LogP contribution < -0.4 is 5.32 Å². The molecule has 0 radical (unpaired) electrons. The van der Waals surface area contributed by atoms with E-state index in [9.17, 15) is 4.39 Å². The topological polar surface area (TPSA) is 24.9 Å². The van der Waals surface area contributed by atoms with Crippen molar-refractivity contribution in [2.45, 2.75) is 13.0 Å². The number of nitrogens with one attached hydrogen (secondary N) is 1. The Morgan fingerprint density at radius 2 is 2.00 bits per heavy atom. The monoisotopic (exact) mass is 300 g/mol. The van der Waals surface area contributed by atoms with Crippen LogP contribution in [0, 0.1) is 5.82 Å². The molecule has 0 bridgehead atoms. The minimum atomic E-state index is -0.401. The third-order valence-electron chi connectivity index (χ3n) is 3.46. The van der Waals surface area contributed by atoms with Crippen molar-refractivity contribution in [3.63, 3.8) is 0 Å².